The van der Waals surface area contributed by atoms with E-state index in [2.05, 4.69) is 170 Å². The largest absolute Gasteiger partial charge is 0.0622 e. The first-order valence-corrected chi connectivity index (χ1v) is 15.3. The molecule has 0 N–H and O–H groups in total. The molecule has 0 saturated heterocycles. The van der Waals surface area contributed by atoms with E-state index in [0.29, 0.717) is 0 Å². The van der Waals surface area contributed by atoms with Crippen LogP contribution in [0.4, 0.5) is 0 Å². The van der Waals surface area contributed by atoms with E-state index in [1.165, 1.54) is 87.2 Å². The van der Waals surface area contributed by atoms with Crippen LogP contribution in [0, 0.1) is 0 Å². The van der Waals surface area contributed by atoms with Gasteiger partial charge < -0.3 is 0 Å². The molecule has 0 aliphatic heterocycles. The van der Waals surface area contributed by atoms with Gasteiger partial charge in [0.05, 0.1) is 0 Å². The lowest BCUT2D eigenvalue weighted by molar-refractivity contribution is 1.58. The van der Waals surface area contributed by atoms with Gasteiger partial charge in [-0.15, -0.1) is 0 Å². The summed E-state index contributed by atoms with van der Waals surface area (Å²) >= 11 is 0. The molecule has 44 heavy (non-hydrogen) atoms. The van der Waals surface area contributed by atoms with Crippen molar-refractivity contribution in [2.45, 2.75) is 0 Å². The first-order valence-electron chi connectivity index (χ1n) is 15.3. The Morgan fingerprint density at radius 3 is 0.932 bits per heavy atom. The zero-order valence-electron chi connectivity index (χ0n) is 24.2. The Balaban J connectivity index is 1.20. The summed E-state index contributed by atoms with van der Waals surface area (Å²) in [6.07, 6.45) is 0. The molecule has 0 heteroatoms. The third-order valence-corrected chi connectivity index (χ3v) is 9.25. The second kappa shape index (κ2) is 9.93. The molecule has 0 nitrogen and oxygen atoms in total. The van der Waals surface area contributed by atoms with Gasteiger partial charge in [0.2, 0.25) is 0 Å². The third-order valence-electron chi connectivity index (χ3n) is 9.25. The minimum Gasteiger partial charge on any atom is -0.0622 e. The molecule has 0 amide bonds. The molecule has 204 valence electrons. The monoisotopic (exact) mass is 556 g/mol. The minimum atomic E-state index is 1.23. The van der Waals surface area contributed by atoms with Crippen molar-refractivity contribution in [3.8, 4) is 33.4 Å². The lowest BCUT2D eigenvalue weighted by Crippen LogP contribution is -1.89. The van der Waals surface area contributed by atoms with Gasteiger partial charge in [0.1, 0.15) is 0 Å². The second-order valence-electron chi connectivity index (χ2n) is 11.7. The van der Waals surface area contributed by atoms with Crippen LogP contribution >= 0.6 is 0 Å². The molecule has 0 spiro atoms. The van der Waals surface area contributed by atoms with E-state index < -0.39 is 0 Å². The van der Waals surface area contributed by atoms with Crippen molar-refractivity contribution in [3.63, 3.8) is 0 Å². The van der Waals surface area contributed by atoms with Gasteiger partial charge in [0, 0.05) is 0 Å². The van der Waals surface area contributed by atoms with E-state index >= 15 is 0 Å². The molecule has 9 rings (SSSR count). The zero-order valence-corrected chi connectivity index (χ0v) is 24.2. The van der Waals surface area contributed by atoms with Crippen LogP contribution in [0.3, 0.4) is 0 Å². The summed E-state index contributed by atoms with van der Waals surface area (Å²) in [5.74, 6) is 0. The van der Waals surface area contributed by atoms with Crippen LogP contribution < -0.4 is 0 Å². The molecular weight excluding hydrogens is 528 g/mol. The standard InChI is InChI=1S/C44H28/c1-2-10-29(11-3-1)30-18-20-31(21-19-30)32-22-24-33(25-23-32)34-26-27-41-42(28-34)37-14-6-9-17-40(37)43-38-15-7-4-12-35(38)36-13-5-8-16-39(36)44(41)43/h1-28H. The van der Waals surface area contributed by atoms with Gasteiger partial charge in [-0.3, -0.25) is 0 Å². The van der Waals surface area contributed by atoms with Crippen molar-refractivity contribution in [2.24, 2.45) is 0 Å². The van der Waals surface area contributed by atoms with Crippen LogP contribution in [-0.2, 0) is 0 Å². The molecule has 0 radical (unpaired) electrons. The highest BCUT2D eigenvalue weighted by molar-refractivity contribution is 6.39. The maximum Gasteiger partial charge on any atom is -0.00139 e. The molecular formula is C44H28. The second-order valence-corrected chi connectivity index (χ2v) is 11.7. The number of benzene rings is 9. The maximum atomic E-state index is 2.39. The highest BCUT2D eigenvalue weighted by Gasteiger charge is 2.16. The van der Waals surface area contributed by atoms with Gasteiger partial charge in [-0.2, -0.15) is 0 Å². The molecule has 0 heterocycles. The fourth-order valence-electron chi connectivity index (χ4n) is 7.14. The summed E-state index contributed by atoms with van der Waals surface area (Å²) < 4.78 is 0. The first kappa shape index (κ1) is 24.8. The molecule has 0 unspecified atom stereocenters. The van der Waals surface area contributed by atoms with Crippen molar-refractivity contribution in [3.05, 3.63) is 170 Å². The van der Waals surface area contributed by atoms with Gasteiger partial charge in [-0.05, 0) is 93.3 Å². The minimum absolute atomic E-state index is 1.23. The molecule has 9 aromatic rings. The lowest BCUT2D eigenvalue weighted by atomic mass is 9.86. The molecule has 9 aromatic carbocycles. The van der Waals surface area contributed by atoms with Gasteiger partial charge >= 0.3 is 0 Å². The third kappa shape index (κ3) is 3.85. The number of fused-ring (bicyclic) bond motifs is 11. The summed E-state index contributed by atoms with van der Waals surface area (Å²) in [5.41, 5.74) is 7.40. The molecule has 0 fully saturated rings. The Morgan fingerprint density at radius 2 is 0.477 bits per heavy atom. The summed E-state index contributed by atoms with van der Waals surface area (Å²) in [5, 5.41) is 13.1. The molecule has 0 aliphatic rings. The summed E-state index contributed by atoms with van der Waals surface area (Å²) in [7, 11) is 0. The topological polar surface area (TPSA) is 0 Å². The molecule has 0 atom stereocenters. The fraction of sp³-hybridized carbons (Fsp3) is 0. The number of hydrogen-bond donors (Lipinski definition) is 0. The quantitative estimate of drug-likeness (QED) is 0.190. The summed E-state index contributed by atoms with van der Waals surface area (Å²) in [6, 6.07) is 62.1. The van der Waals surface area contributed by atoms with Crippen LogP contribution in [0.15, 0.2) is 170 Å². The van der Waals surface area contributed by atoms with Crippen LogP contribution in [-0.4, -0.2) is 0 Å². The van der Waals surface area contributed by atoms with Crippen LogP contribution in [0.2, 0.25) is 0 Å². The SMILES string of the molecule is c1ccc(-c2ccc(-c3ccc(-c4ccc5c(c4)c4ccccc4c4c6ccccc6c6ccccc6c54)cc3)cc2)cc1. The van der Waals surface area contributed by atoms with E-state index in [4.69, 9.17) is 0 Å². The summed E-state index contributed by atoms with van der Waals surface area (Å²) in [4.78, 5) is 0. The van der Waals surface area contributed by atoms with Gasteiger partial charge in [-0.1, -0.05) is 164 Å². The smallest absolute Gasteiger partial charge is 0.00139 e. The van der Waals surface area contributed by atoms with E-state index in [1.807, 2.05) is 0 Å². The van der Waals surface area contributed by atoms with Crippen molar-refractivity contribution >= 4 is 53.9 Å². The Labute approximate surface area is 256 Å². The number of rotatable bonds is 3. The Hall–Kier alpha value is -5.72. The summed E-state index contributed by atoms with van der Waals surface area (Å²) in [6.45, 7) is 0. The normalized spacial score (nSPS) is 11.6. The fourth-order valence-corrected chi connectivity index (χ4v) is 7.14. The highest BCUT2D eigenvalue weighted by atomic mass is 14.2. The molecule has 0 bridgehead atoms. The average Bonchev–Trinajstić information content (AvgIpc) is 3.12. The van der Waals surface area contributed by atoms with E-state index in [1.54, 1.807) is 0 Å². The molecule has 0 aromatic heterocycles. The van der Waals surface area contributed by atoms with Crippen LogP contribution in [0.25, 0.3) is 87.2 Å². The molecule has 0 aliphatic carbocycles. The van der Waals surface area contributed by atoms with E-state index in [-0.39, 0.29) is 0 Å². The highest BCUT2D eigenvalue weighted by Crippen LogP contribution is 2.44. The lowest BCUT2D eigenvalue weighted by Gasteiger charge is -2.17. The van der Waals surface area contributed by atoms with Crippen molar-refractivity contribution in [2.75, 3.05) is 0 Å². The Morgan fingerprint density at radius 1 is 0.182 bits per heavy atom. The van der Waals surface area contributed by atoms with Crippen molar-refractivity contribution < 1.29 is 0 Å². The van der Waals surface area contributed by atoms with Crippen LogP contribution in [0.1, 0.15) is 0 Å². The van der Waals surface area contributed by atoms with E-state index in [0.717, 1.165) is 0 Å². The van der Waals surface area contributed by atoms with Gasteiger partial charge in [0.25, 0.3) is 0 Å². The number of hydrogen-bond acceptors (Lipinski definition) is 0. The predicted octanol–water partition coefficient (Wildman–Crippen LogP) is 12.5. The first-order chi connectivity index (χ1) is 21.8. The van der Waals surface area contributed by atoms with Gasteiger partial charge in [-0.25, -0.2) is 0 Å². The molecule has 0 saturated carbocycles. The zero-order chi connectivity index (χ0) is 29.0. The van der Waals surface area contributed by atoms with Gasteiger partial charge in [0.15, 0.2) is 0 Å². The van der Waals surface area contributed by atoms with E-state index in [9.17, 15) is 0 Å². The Bertz CT molecular complexity index is 2500. The average molecular weight is 557 g/mol. The van der Waals surface area contributed by atoms with Crippen molar-refractivity contribution in [1.29, 1.82) is 0 Å². The van der Waals surface area contributed by atoms with Crippen LogP contribution in [0.5, 0.6) is 0 Å². The Kier molecular flexibility index (Phi) is 5.61. The predicted molar refractivity (Wildman–Crippen MR) is 190 cm³/mol. The maximum absolute atomic E-state index is 2.39. The van der Waals surface area contributed by atoms with Crippen molar-refractivity contribution in [1.82, 2.24) is 0 Å².